The highest BCUT2D eigenvalue weighted by Crippen LogP contribution is 2.36. The third kappa shape index (κ3) is 4.89. The fraction of sp³-hybridized carbons (Fsp3) is 0.250. The molecule has 0 aliphatic carbocycles. The van der Waals surface area contributed by atoms with Gasteiger partial charge < -0.3 is 21.5 Å². The zero-order valence-corrected chi connectivity index (χ0v) is 17.6. The number of nitrogens with two attached hydrogens (primary N) is 2. The van der Waals surface area contributed by atoms with Crippen LogP contribution in [0, 0.1) is 0 Å². The van der Waals surface area contributed by atoms with Crippen LogP contribution >= 0.6 is 15.9 Å². The first-order valence-electron chi connectivity index (χ1n) is 8.72. The Hall–Kier alpha value is -2.87. The molecule has 2 aromatic carbocycles. The average molecular weight is 446 g/mol. The van der Waals surface area contributed by atoms with Gasteiger partial charge in [-0.2, -0.15) is 0 Å². The predicted octanol–water partition coefficient (Wildman–Crippen LogP) is 3.35. The number of hydrogen-bond donors (Lipinski definition) is 3. The van der Waals surface area contributed by atoms with Gasteiger partial charge in [-0.3, -0.25) is 9.79 Å². The summed E-state index contributed by atoms with van der Waals surface area (Å²) in [5.74, 6) is -0.607. The number of carbonyl (C=O) groups is 1. The van der Waals surface area contributed by atoms with Crippen LogP contribution in [0.4, 0.5) is 5.69 Å². The van der Waals surface area contributed by atoms with Gasteiger partial charge in [0.1, 0.15) is 5.69 Å². The molecule has 0 radical (unpaired) electrons. The Kier molecular flexibility index (Phi) is 7.17. The second-order valence-corrected chi connectivity index (χ2v) is 7.19. The SMILES string of the molecule is CC[C@@H](N=C(N)C(N)=Nc1ccc(Br)c(C(=O)N(C)C)c1O)c1ccccc1. The van der Waals surface area contributed by atoms with E-state index in [0.29, 0.717) is 4.47 Å². The van der Waals surface area contributed by atoms with Gasteiger partial charge in [0, 0.05) is 18.6 Å². The van der Waals surface area contributed by atoms with Gasteiger partial charge in [-0.05, 0) is 40.0 Å². The maximum absolute atomic E-state index is 12.3. The zero-order valence-electron chi connectivity index (χ0n) is 16.1. The molecule has 5 N–H and O–H groups in total. The number of carbonyl (C=O) groups excluding carboxylic acids is 1. The summed E-state index contributed by atoms with van der Waals surface area (Å²) in [4.78, 5) is 22.3. The smallest absolute Gasteiger partial charge is 0.258 e. The molecule has 0 saturated heterocycles. The van der Waals surface area contributed by atoms with Crippen molar-refractivity contribution in [3.8, 4) is 5.75 Å². The number of aliphatic imine (C=N–C) groups is 2. The van der Waals surface area contributed by atoms with Crippen LogP contribution in [-0.4, -0.2) is 41.7 Å². The summed E-state index contributed by atoms with van der Waals surface area (Å²) in [6.07, 6.45) is 0.739. The number of benzene rings is 2. The summed E-state index contributed by atoms with van der Waals surface area (Å²) in [6, 6.07) is 12.8. The Balaban J connectivity index is 2.39. The van der Waals surface area contributed by atoms with Crippen LogP contribution in [0.3, 0.4) is 0 Å². The van der Waals surface area contributed by atoms with E-state index in [1.807, 2.05) is 37.3 Å². The summed E-state index contributed by atoms with van der Waals surface area (Å²) in [6.45, 7) is 2.00. The highest BCUT2D eigenvalue weighted by Gasteiger charge is 2.20. The lowest BCUT2D eigenvalue weighted by atomic mass is 10.1. The molecule has 0 aliphatic rings. The van der Waals surface area contributed by atoms with Crippen molar-refractivity contribution in [2.24, 2.45) is 21.5 Å². The van der Waals surface area contributed by atoms with Crippen LogP contribution in [0.15, 0.2) is 56.9 Å². The van der Waals surface area contributed by atoms with Gasteiger partial charge in [-0.25, -0.2) is 4.99 Å². The number of rotatable bonds is 5. The molecule has 1 amide bonds. The lowest BCUT2D eigenvalue weighted by Gasteiger charge is -2.14. The monoisotopic (exact) mass is 445 g/mol. The van der Waals surface area contributed by atoms with Gasteiger partial charge in [0.25, 0.3) is 5.91 Å². The van der Waals surface area contributed by atoms with E-state index < -0.39 is 0 Å². The van der Waals surface area contributed by atoms with Gasteiger partial charge in [-0.1, -0.05) is 37.3 Å². The third-order valence-corrected chi connectivity index (χ3v) is 4.76. The molecular weight excluding hydrogens is 422 g/mol. The van der Waals surface area contributed by atoms with Crippen LogP contribution in [0.25, 0.3) is 0 Å². The van der Waals surface area contributed by atoms with Crippen LogP contribution in [0.5, 0.6) is 5.75 Å². The summed E-state index contributed by atoms with van der Waals surface area (Å²) < 4.78 is 0.456. The van der Waals surface area contributed by atoms with Crippen molar-refractivity contribution < 1.29 is 9.90 Å². The molecule has 0 saturated carbocycles. The van der Waals surface area contributed by atoms with Crippen molar-refractivity contribution in [3.05, 3.63) is 58.1 Å². The number of phenols is 1. The van der Waals surface area contributed by atoms with Crippen LogP contribution in [0.2, 0.25) is 0 Å². The summed E-state index contributed by atoms with van der Waals surface area (Å²) in [5, 5.41) is 10.5. The largest absolute Gasteiger partial charge is 0.505 e. The molecule has 8 heteroatoms. The lowest BCUT2D eigenvalue weighted by molar-refractivity contribution is 0.0824. The molecule has 0 fully saturated rings. The standard InChI is InChI=1S/C20H24BrN5O2/c1-4-14(12-8-6-5-7-9-12)24-18(22)19(23)25-15-11-10-13(21)16(17(15)27)20(28)26(2)3/h5-11,14,27H,4H2,1-3H3,(H2,22,24)(H2,23,25)/t14-/m1/s1. The first kappa shape index (κ1) is 21.4. The van der Waals surface area contributed by atoms with E-state index >= 15 is 0 Å². The molecular formula is C20H24BrN5O2. The molecule has 0 spiro atoms. The topological polar surface area (TPSA) is 117 Å². The molecule has 0 bridgehead atoms. The number of nitrogens with zero attached hydrogens (tertiary/aromatic N) is 3. The number of hydrogen-bond acceptors (Lipinski definition) is 4. The normalized spacial score (nSPS) is 13.3. The van der Waals surface area contributed by atoms with Crippen molar-refractivity contribution in [1.82, 2.24) is 4.90 Å². The van der Waals surface area contributed by atoms with Crippen molar-refractivity contribution in [2.45, 2.75) is 19.4 Å². The van der Waals surface area contributed by atoms with E-state index in [9.17, 15) is 9.90 Å². The van der Waals surface area contributed by atoms with Crippen molar-refractivity contribution in [1.29, 1.82) is 0 Å². The number of amides is 1. The summed E-state index contributed by atoms with van der Waals surface area (Å²) >= 11 is 3.28. The first-order chi connectivity index (χ1) is 13.3. The molecule has 0 aromatic heterocycles. The van der Waals surface area contributed by atoms with Crippen molar-refractivity contribution >= 4 is 39.2 Å². The molecule has 2 rings (SSSR count). The van der Waals surface area contributed by atoms with E-state index in [2.05, 4.69) is 25.9 Å². The van der Waals surface area contributed by atoms with Gasteiger partial charge in [0.05, 0.1) is 11.6 Å². The van der Waals surface area contributed by atoms with Gasteiger partial charge in [0.2, 0.25) is 0 Å². The molecule has 0 heterocycles. The van der Waals surface area contributed by atoms with Gasteiger partial charge in [0.15, 0.2) is 17.4 Å². The highest BCUT2D eigenvalue weighted by molar-refractivity contribution is 9.10. The molecule has 0 aliphatic heterocycles. The second-order valence-electron chi connectivity index (χ2n) is 6.34. The van der Waals surface area contributed by atoms with Crippen LogP contribution in [0.1, 0.15) is 35.3 Å². The van der Waals surface area contributed by atoms with Crippen molar-refractivity contribution in [2.75, 3.05) is 14.1 Å². The van der Waals surface area contributed by atoms with Crippen LogP contribution < -0.4 is 11.5 Å². The van der Waals surface area contributed by atoms with E-state index in [4.69, 9.17) is 11.5 Å². The molecule has 1 atom stereocenters. The molecule has 148 valence electrons. The van der Waals surface area contributed by atoms with E-state index in [-0.39, 0.29) is 40.6 Å². The van der Waals surface area contributed by atoms with Gasteiger partial charge >= 0.3 is 0 Å². The molecule has 28 heavy (non-hydrogen) atoms. The Morgan fingerprint density at radius 2 is 1.79 bits per heavy atom. The number of phenolic OH excluding ortho intramolecular Hbond substituents is 1. The Morgan fingerprint density at radius 3 is 2.36 bits per heavy atom. The predicted molar refractivity (Wildman–Crippen MR) is 116 cm³/mol. The Bertz CT molecular complexity index is 910. The summed E-state index contributed by atoms with van der Waals surface area (Å²) in [5.41, 5.74) is 13.3. The van der Waals surface area contributed by atoms with Crippen LogP contribution in [-0.2, 0) is 0 Å². The first-order valence-corrected chi connectivity index (χ1v) is 9.51. The summed E-state index contributed by atoms with van der Waals surface area (Å²) in [7, 11) is 3.19. The Labute approximate surface area is 172 Å². The minimum Gasteiger partial charge on any atom is -0.505 e. The molecule has 7 nitrogen and oxygen atoms in total. The fourth-order valence-corrected chi connectivity index (χ4v) is 3.06. The average Bonchev–Trinajstić information content (AvgIpc) is 2.68. The van der Waals surface area contributed by atoms with Crippen molar-refractivity contribution in [3.63, 3.8) is 0 Å². The van der Waals surface area contributed by atoms with E-state index in [1.165, 1.54) is 4.90 Å². The highest BCUT2D eigenvalue weighted by atomic mass is 79.9. The molecule has 2 aromatic rings. The lowest BCUT2D eigenvalue weighted by Crippen LogP contribution is -2.31. The third-order valence-electron chi connectivity index (χ3n) is 4.10. The quantitative estimate of drug-likeness (QED) is 0.482. The van der Waals surface area contributed by atoms with E-state index in [1.54, 1.807) is 26.2 Å². The van der Waals surface area contributed by atoms with Gasteiger partial charge in [-0.15, -0.1) is 0 Å². The second kappa shape index (κ2) is 9.36. The maximum Gasteiger partial charge on any atom is 0.258 e. The minimum atomic E-state index is -0.364. The number of halogens is 1. The Morgan fingerprint density at radius 1 is 1.14 bits per heavy atom. The minimum absolute atomic E-state index is 0.0322. The zero-order chi connectivity index (χ0) is 20.8. The number of amidine groups is 2. The fourth-order valence-electron chi connectivity index (χ4n) is 2.57. The number of aromatic hydroxyl groups is 1. The maximum atomic E-state index is 12.3. The van der Waals surface area contributed by atoms with E-state index in [0.717, 1.165) is 12.0 Å². The molecule has 0 unspecified atom stereocenters.